The fraction of sp³-hybridized carbons (Fsp3) is 0.429. The molecule has 0 bridgehead atoms. The number of carbonyl (C=O) groups is 2. The number of carboxylic acids is 1. The van der Waals surface area contributed by atoms with Gasteiger partial charge < -0.3 is 19.9 Å². The van der Waals surface area contributed by atoms with Crippen molar-refractivity contribution >= 4 is 17.6 Å². The SMILES string of the molecule is CC(C(=O)O)N(C)CCC(=O)Nc1ccc2c(c1)OCO2. The maximum atomic E-state index is 11.9. The van der Waals surface area contributed by atoms with Crippen molar-refractivity contribution in [1.82, 2.24) is 4.90 Å². The number of hydrogen-bond acceptors (Lipinski definition) is 5. The van der Waals surface area contributed by atoms with Crippen molar-refractivity contribution in [3.63, 3.8) is 0 Å². The first-order valence-corrected chi connectivity index (χ1v) is 6.60. The molecule has 1 aliphatic heterocycles. The van der Waals surface area contributed by atoms with E-state index >= 15 is 0 Å². The second-order valence-electron chi connectivity index (χ2n) is 4.86. The Morgan fingerprint density at radius 2 is 2.10 bits per heavy atom. The highest BCUT2D eigenvalue weighted by atomic mass is 16.7. The number of fused-ring (bicyclic) bond motifs is 1. The molecule has 1 aliphatic rings. The Hall–Kier alpha value is -2.28. The summed E-state index contributed by atoms with van der Waals surface area (Å²) < 4.78 is 10.4. The van der Waals surface area contributed by atoms with Gasteiger partial charge >= 0.3 is 5.97 Å². The van der Waals surface area contributed by atoms with E-state index in [0.717, 1.165) is 0 Å². The maximum absolute atomic E-state index is 11.9. The summed E-state index contributed by atoms with van der Waals surface area (Å²) in [5, 5.41) is 11.6. The summed E-state index contributed by atoms with van der Waals surface area (Å²) >= 11 is 0. The molecular weight excluding hydrogens is 276 g/mol. The fourth-order valence-electron chi connectivity index (χ4n) is 1.86. The number of anilines is 1. The second-order valence-corrected chi connectivity index (χ2v) is 4.86. The van der Waals surface area contributed by atoms with E-state index in [2.05, 4.69) is 5.32 Å². The standard InChI is InChI=1S/C14H18N2O5/c1-9(14(18)19)16(2)6-5-13(17)15-10-3-4-11-12(7-10)21-8-20-11/h3-4,7,9H,5-6,8H2,1-2H3,(H,15,17)(H,18,19). The third-order valence-corrected chi connectivity index (χ3v) is 3.37. The highest BCUT2D eigenvalue weighted by molar-refractivity contribution is 5.91. The lowest BCUT2D eigenvalue weighted by Gasteiger charge is -2.20. The highest BCUT2D eigenvalue weighted by Crippen LogP contribution is 2.34. The molecule has 21 heavy (non-hydrogen) atoms. The normalized spacial score (nSPS) is 14.0. The number of aliphatic carboxylic acids is 1. The van der Waals surface area contributed by atoms with Crippen LogP contribution in [0.4, 0.5) is 5.69 Å². The van der Waals surface area contributed by atoms with E-state index in [9.17, 15) is 9.59 Å². The minimum atomic E-state index is -0.909. The summed E-state index contributed by atoms with van der Waals surface area (Å²) in [7, 11) is 1.67. The van der Waals surface area contributed by atoms with Crippen LogP contribution in [0.15, 0.2) is 18.2 Å². The van der Waals surface area contributed by atoms with Crippen LogP contribution < -0.4 is 14.8 Å². The van der Waals surface area contributed by atoms with Gasteiger partial charge in [0.05, 0.1) is 0 Å². The van der Waals surface area contributed by atoms with Gasteiger partial charge in [-0.15, -0.1) is 0 Å². The largest absolute Gasteiger partial charge is 0.480 e. The number of nitrogens with one attached hydrogen (secondary N) is 1. The van der Waals surface area contributed by atoms with Gasteiger partial charge in [0.2, 0.25) is 12.7 Å². The molecule has 1 unspecified atom stereocenters. The Morgan fingerprint density at radius 1 is 1.38 bits per heavy atom. The first kappa shape index (κ1) is 15.1. The van der Waals surface area contributed by atoms with Gasteiger partial charge in [-0.3, -0.25) is 14.5 Å². The summed E-state index contributed by atoms with van der Waals surface area (Å²) in [5.41, 5.74) is 0.623. The van der Waals surface area contributed by atoms with Gasteiger partial charge in [-0.1, -0.05) is 0 Å². The van der Waals surface area contributed by atoms with Crippen molar-refractivity contribution in [3.05, 3.63) is 18.2 Å². The molecule has 0 fully saturated rings. The summed E-state index contributed by atoms with van der Waals surface area (Å²) in [4.78, 5) is 24.3. The van der Waals surface area contributed by atoms with E-state index < -0.39 is 12.0 Å². The van der Waals surface area contributed by atoms with Crippen LogP contribution in [0.5, 0.6) is 11.5 Å². The smallest absolute Gasteiger partial charge is 0.320 e. The van der Waals surface area contributed by atoms with E-state index in [1.54, 1.807) is 37.1 Å². The lowest BCUT2D eigenvalue weighted by Crippen LogP contribution is -2.37. The quantitative estimate of drug-likeness (QED) is 0.818. The molecule has 0 saturated carbocycles. The van der Waals surface area contributed by atoms with Crippen LogP contribution in [-0.4, -0.2) is 48.3 Å². The fourth-order valence-corrected chi connectivity index (χ4v) is 1.86. The summed E-state index contributed by atoms with van der Waals surface area (Å²) in [6.45, 7) is 2.13. The first-order valence-electron chi connectivity index (χ1n) is 6.60. The third-order valence-electron chi connectivity index (χ3n) is 3.37. The van der Waals surface area contributed by atoms with Crippen LogP contribution in [-0.2, 0) is 9.59 Å². The van der Waals surface area contributed by atoms with Crippen LogP contribution in [0.2, 0.25) is 0 Å². The predicted octanol–water partition coefficient (Wildman–Crippen LogP) is 1.15. The van der Waals surface area contributed by atoms with E-state index in [1.165, 1.54) is 0 Å². The van der Waals surface area contributed by atoms with E-state index in [4.69, 9.17) is 14.6 Å². The van der Waals surface area contributed by atoms with Gasteiger partial charge in [0.25, 0.3) is 0 Å². The number of ether oxygens (including phenoxy) is 2. The summed E-state index contributed by atoms with van der Waals surface area (Å²) in [5.74, 6) is 0.166. The number of carbonyl (C=O) groups excluding carboxylic acids is 1. The molecule has 0 radical (unpaired) electrons. The molecule has 2 rings (SSSR count). The molecule has 7 heteroatoms. The van der Waals surface area contributed by atoms with Gasteiger partial charge in [0, 0.05) is 24.7 Å². The zero-order valence-electron chi connectivity index (χ0n) is 12.0. The lowest BCUT2D eigenvalue weighted by molar-refractivity contribution is -0.142. The monoisotopic (exact) mass is 294 g/mol. The number of benzene rings is 1. The van der Waals surface area contributed by atoms with Gasteiger partial charge in [-0.25, -0.2) is 0 Å². The molecular formula is C14H18N2O5. The maximum Gasteiger partial charge on any atom is 0.320 e. The van der Waals surface area contributed by atoms with Crippen molar-refractivity contribution in [2.75, 3.05) is 25.7 Å². The number of likely N-dealkylation sites (N-methyl/N-ethyl adjacent to an activating group) is 1. The Bertz CT molecular complexity index is 546. The van der Waals surface area contributed by atoms with Crippen molar-refractivity contribution in [2.45, 2.75) is 19.4 Å². The zero-order valence-corrected chi connectivity index (χ0v) is 12.0. The molecule has 1 aromatic carbocycles. The van der Waals surface area contributed by atoms with Crippen LogP contribution in [0.3, 0.4) is 0 Å². The Balaban J connectivity index is 1.83. The van der Waals surface area contributed by atoms with E-state index in [0.29, 0.717) is 23.7 Å². The Kier molecular flexibility index (Phi) is 4.64. The molecule has 2 N–H and O–H groups in total. The minimum Gasteiger partial charge on any atom is -0.480 e. The number of rotatable bonds is 6. The highest BCUT2D eigenvalue weighted by Gasteiger charge is 2.18. The van der Waals surface area contributed by atoms with Crippen molar-refractivity contribution in [2.24, 2.45) is 0 Å². The molecule has 7 nitrogen and oxygen atoms in total. The van der Waals surface area contributed by atoms with Gasteiger partial charge in [0.15, 0.2) is 11.5 Å². The number of nitrogens with zero attached hydrogens (tertiary/aromatic N) is 1. The average molecular weight is 294 g/mol. The van der Waals surface area contributed by atoms with Crippen molar-refractivity contribution in [3.8, 4) is 11.5 Å². The molecule has 0 spiro atoms. The second kappa shape index (κ2) is 6.45. The predicted molar refractivity (Wildman–Crippen MR) is 75.5 cm³/mol. The van der Waals surface area contributed by atoms with Crippen LogP contribution >= 0.6 is 0 Å². The lowest BCUT2D eigenvalue weighted by atomic mass is 10.2. The van der Waals surface area contributed by atoms with Crippen LogP contribution in [0.25, 0.3) is 0 Å². The van der Waals surface area contributed by atoms with Gasteiger partial charge in [-0.05, 0) is 26.1 Å². The van der Waals surface area contributed by atoms with E-state index in [1.807, 2.05) is 0 Å². The molecule has 0 saturated heterocycles. The third kappa shape index (κ3) is 3.85. The molecule has 1 heterocycles. The number of hydrogen-bond donors (Lipinski definition) is 2. The minimum absolute atomic E-state index is 0.182. The molecule has 0 aromatic heterocycles. The Morgan fingerprint density at radius 3 is 2.81 bits per heavy atom. The molecule has 1 amide bonds. The summed E-state index contributed by atoms with van der Waals surface area (Å²) in [6.07, 6.45) is 0.211. The van der Waals surface area contributed by atoms with Crippen molar-refractivity contribution < 1.29 is 24.2 Å². The average Bonchev–Trinajstić information content (AvgIpc) is 2.91. The first-order chi connectivity index (χ1) is 9.97. The molecule has 1 atom stereocenters. The van der Waals surface area contributed by atoms with E-state index in [-0.39, 0.29) is 19.1 Å². The zero-order chi connectivity index (χ0) is 15.4. The van der Waals surface area contributed by atoms with Gasteiger partial charge in [-0.2, -0.15) is 0 Å². The molecule has 114 valence electrons. The summed E-state index contributed by atoms with van der Waals surface area (Å²) in [6, 6.07) is 4.54. The Labute approximate surface area is 122 Å². The van der Waals surface area contributed by atoms with Crippen molar-refractivity contribution in [1.29, 1.82) is 0 Å². The number of amides is 1. The van der Waals surface area contributed by atoms with Crippen LogP contribution in [0.1, 0.15) is 13.3 Å². The van der Waals surface area contributed by atoms with Crippen LogP contribution in [0, 0.1) is 0 Å². The topological polar surface area (TPSA) is 88.1 Å². The molecule has 1 aromatic rings. The molecule has 0 aliphatic carbocycles. The number of carboxylic acid groups (broad SMARTS) is 1. The van der Waals surface area contributed by atoms with Gasteiger partial charge in [0.1, 0.15) is 6.04 Å².